The molecule has 0 aliphatic carbocycles. The molecule has 6 heteroatoms. The molecule has 0 fully saturated rings. The smallest absolute Gasteiger partial charge is 0.302 e. The van der Waals surface area contributed by atoms with Crippen molar-refractivity contribution in [3.63, 3.8) is 0 Å². The Morgan fingerprint density at radius 1 is 1.06 bits per heavy atom. The van der Waals surface area contributed by atoms with E-state index in [0.29, 0.717) is 6.61 Å². The molecule has 0 bridgehead atoms. The minimum Gasteiger partial charge on any atom is -0.466 e. The fraction of sp³-hybridized carbons (Fsp3) is 0.909. The molecule has 0 radical (unpaired) electrons. The second kappa shape index (κ2) is 18.7. The predicted octanol–water partition coefficient (Wildman–Crippen LogP) is 3.90. The van der Waals surface area contributed by atoms with E-state index in [1.54, 1.807) is 6.92 Å². The summed E-state index contributed by atoms with van der Waals surface area (Å²) in [7, 11) is 0. The number of halogens is 3. The highest BCUT2D eigenvalue weighted by Gasteiger charge is 1.89. The number of rotatable bonds is 4. The summed E-state index contributed by atoms with van der Waals surface area (Å²) in [6, 6.07) is 0. The number of carbonyl (C=O) groups excluding carboxylic acids is 1. The molecule has 0 unspecified atom stereocenters. The van der Waals surface area contributed by atoms with Gasteiger partial charge >= 0.3 is 5.97 Å². The highest BCUT2D eigenvalue weighted by atomic mass is 35.6. The SMILES string of the molecule is CCN(CC)CC.CCOC(C)=O.ClC(Cl)Cl. The first kappa shape index (κ1) is 22.5. The Morgan fingerprint density at radius 2 is 1.35 bits per heavy atom. The van der Waals surface area contributed by atoms with Crippen LogP contribution in [0.3, 0.4) is 0 Å². The van der Waals surface area contributed by atoms with Gasteiger partial charge in [-0.1, -0.05) is 55.6 Å². The molecular weight excluding hydrogens is 284 g/mol. The molecule has 0 spiro atoms. The van der Waals surface area contributed by atoms with Gasteiger partial charge < -0.3 is 9.64 Å². The van der Waals surface area contributed by atoms with Gasteiger partial charge in [-0.25, -0.2) is 0 Å². The van der Waals surface area contributed by atoms with Crippen molar-refractivity contribution in [3.8, 4) is 0 Å². The van der Waals surface area contributed by atoms with Crippen molar-refractivity contribution in [1.82, 2.24) is 4.90 Å². The Kier molecular flexibility index (Phi) is 24.7. The van der Waals surface area contributed by atoms with Crippen LogP contribution >= 0.6 is 34.8 Å². The van der Waals surface area contributed by atoms with Gasteiger partial charge in [0.15, 0.2) is 4.30 Å². The fourth-order valence-electron chi connectivity index (χ4n) is 0.874. The van der Waals surface area contributed by atoms with E-state index in [1.165, 1.54) is 26.6 Å². The van der Waals surface area contributed by atoms with Crippen molar-refractivity contribution < 1.29 is 9.53 Å². The Hall–Kier alpha value is 0.300. The summed E-state index contributed by atoms with van der Waals surface area (Å²) >= 11 is 14.4. The van der Waals surface area contributed by atoms with Crippen molar-refractivity contribution in [3.05, 3.63) is 0 Å². The quantitative estimate of drug-likeness (QED) is 0.582. The van der Waals surface area contributed by atoms with Gasteiger partial charge in [0.2, 0.25) is 0 Å². The second-order valence-corrected chi connectivity index (χ2v) is 4.77. The third-order valence-corrected chi connectivity index (χ3v) is 1.69. The largest absolute Gasteiger partial charge is 0.466 e. The third-order valence-electron chi connectivity index (χ3n) is 1.69. The monoisotopic (exact) mass is 307 g/mol. The summed E-state index contributed by atoms with van der Waals surface area (Å²) in [6.45, 7) is 13.8. The average Bonchev–Trinajstić information content (AvgIpc) is 2.20. The van der Waals surface area contributed by atoms with Crippen LogP contribution in [-0.4, -0.2) is 41.4 Å². The van der Waals surface area contributed by atoms with Crippen LogP contribution < -0.4 is 0 Å². The van der Waals surface area contributed by atoms with E-state index in [0.717, 1.165) is 0 Å². The number of esters is 1. The molecule has 0 saturated heterocycles. The van der Waals surface area contributed by atoms with E-state index in [4.69, 9.17) is 34.8 Å². The first-order valence-electron chi connectivity index (χ1n) is 5.63. The molecule has 17 heavy (non-hydrogen) atoms. The molecule has 0 amide bonds. The van der Waals surface area contributed by atoms with Crippen LogP contribution in [-0.2, 0) is 9.53 Å². The van der Waals surface area contributed by atoms with Gasteiger partial charge in [0.05, 0.1) is 6.61 Å². The van der Waals surface area contributed by atoms with Gasteiger partial charge in [0.1, 0.15) is 0 Å². The minimum atomic E-state index is -0.750. The normalized spacial score (nSPS) is 9.06. The molecule has 106 valence electrons. The Bertz CT molecular complexity index is 145. The molecule has 0 aliphatic rings. The second-order valence-electron chi connectivity index (χ2n) is 2.79. The maximum Gasteiger partial charge on any atom is 0.302 e. The van der Waals surface area contributed by atoms with Crippen LogP contribution in [0.4, 0.5) is 0 Å². The van der Waals surface area contributed by atoms with Crippen LogP contribution in [0.15, 0.2) is 0 Å². The number of alkyl halides is 3. The lowest BCUT2D eigenvalue weighted by molar-refractivity contribution is -0.140. The Labute approximate surface area is 120 Å². The van der Waals surface area contributed by atoms with Crippen LogP contribution in [0.2, 0.25) is 0 Å². The van der Waals surface area contributed by atoms with E-state index in [-0.39, 0.29) is 5.97 Å². The zero-order valence-corrected chi connectivity index (χ0v) is 13.6. The number of hydrogen-bond acceptors (Lipinski definition) is 3. The summed E-state index contributed by atoms with van der Waals surface area (Å²) in [4.78, 5) is 12.2. The van der Waals surface area contributed by atoms with Gasteiger partial charge in [0, 0.05) is 6.92 Å². The van der Waals surface area contributed by atoms with Gasteiger partial charge in [-0.15, -0.1) is 0 Å². The molecule has 0 N–H and O–H groups in total. The minimum absolute atomic E-state index is 0.211. The summed E-state index contributed by atoms with van der Waals surface area (Å²) in [5, 5.41) is 0. The fourth-order valence-corrected chi connectivity index (χ4v) is 0.874. The number of ether oxygens (including phenoxy) is 1. The van der Waals surface area contributed by atoms with Crippen LogP contribution in [0, 0.1) is 0 Å². The van der Waals surface area contributed by atoms with Crippen molar-refractivity contribution in [2.24, 2.45) is 0 Å². The molecule has 0 aromatic rings. The molecule has 0 atom stereocenters. The number of nitrogens with zero attached hydrogens (tertiary/aromatic N) is 1. The summed E-state index contributed by atoms with van der Waals surface area (Å²) in [6.07, 6.45) is 0. The van der Waals surface area contributed by atoms with Gasteiger partial charge in [-0.2, -0.15) is 0 Å². The summed E-state index contributed by atoms with van der Waals surface area (Å²) < 4.78 is 3.65. The van der Waals surface area contributed by atoms with Crippen LogP contribution in [0.5, 0.6) is 0 Å². The van der Waals surface area contributed by atoms with Crippen molar-refractivity contribution in [1.29, 1.82) is 0 Å². The summed E-state index contributed by atoms with van der Waals surface area (Å²) in [5.41, 5.74) is 0. The van der Waals surface area contributed by atoms with E-state index < -0.39 is 4.30 Å². The summed E-state index contributed by atoms with van der Waals surface area (Å²) in [5.74, 6) is -0.211. The zero-order chi connectivity index (χ0) is 14.3. The molecule has 0 aliphatic heterocycles. The van der Waals surface area contributed by atoms with Crippen molar-refractivity contribution in [2.45, 2.75) is 38.9 Å². The number of hydrogen-bond donors (Lipinski definition) is 0. The topological polar surface area (TPSA) is 29.5 Å². The molecule has 0 aromatic carbocycles. The van der Waals surface area contributed by atoms with Crippen LogP contribution in [0.1, 0.15) is 34.6 Å². The standard InChI is InChI=1S/C6H15N.C4H8O2.CHCl3/c1-4-7(5-2)6-3;1-3-6-4(2)5;2-1(3)4/h4-6H2,1-3H3;3H2,1-2H3;1H. The molecule has 3 nitrogen and oxygen atoms in total. The highest BCUT2D eigenvalue weighted by molar-refractivity contribution is 6.63. The zero-order valence-electron chi connectivity index (χ0n) is 11.3. The van der Waals surface area contributed by atoms with Crippen molar-refractivity contribution in [2.75, 3.05) is 26.2 Å². The lowest BCUT2D eigenvalue weighted by Gasteiger charge is -2.13. The van der Waals surface area contributed by atoms with E-state index in [2.05, 4.69) is 30.4 Å². The lowest BCUT2D eigenvalue weighted by atomic mass is 10.5. The maximum absolute atomic E-state index is 9.82. The predicted molar refractivity (Wildman–Crippen MR) is 77.1 cm³/mol. The molecule has 0 heterocycles. The van der Waals surface area contributed by atoms with Crippen molar-refractivity contribution >= 4 is 40.8 Å². The first-order chi connectivity index (χ1) is 7.85. The van der Waals surface area contributed by atoms with E-state index in [1.807, 2.05) is 0 Å². The van der Waals surface area contributed by atoms with Gasteiger partial charge in [0.25, 0.3) is 0 Å². The van der Waals surface area contributed by atoms with E-state index in [9.17, 15) is 4.79 Å². The third kappa shape index (κ3) is 38.5. The highest BCUT2D eigenvalue weighted by Crippen LogP contribution is 2.03. The van der Waals surface area contributed by atoms with Gasteiger partial charge in [-0.3, -0.25) is 4.79 Å². The maximum atomic E-state index is 9.82. The van der Waals surface area contributed by atoms with Gasteiger partial charge in [-0.05, 0) is 26.6 Å². The molecule has 0 rings (SSSR count). The number of carbonyl (C=O) groups is 1. The lowest BCUT2D eigenvalue weighted by Crippen LogP contribution is -2.21. The van der Waals surface area contributed by atoms with Crippen LogP contribution in [0.25, 0.3) is 0 Å². The molecular formula is C11H24Cl3NO2. The first-order valence-corrected chi connectivity index (χ1v) is 6.94. The average molecular weight is 309 g/mol. The Balaban J connectivity index is -0.000000180. The molecule has 0 saturated carbocycles. The molecule has 0 aromatic heterocycles. The Morgan fingerprint density at radius 3 is 1.35 bits per heavy atom. The van der Waals surface area contributed by atoms with E-state index >= 15 is 0 Å².